The molecule has 1 aromatic rings. The van der Waals surface area contributed by atoms with Crippen LogP contribution in [-0.2, 0) is 17.5 Å². The normalized spacial score (nSPS) is 20.2. The third kappa shape index (κ3) is 3.05. The van der Waals surface area contributed by atoms with Gasteiger partial charge in [-0.1, -0.05) is 11.3 Å². The minimum atomic E-state index is -4.62. The van der Waals surface area contributed by atoms with Crippen LogP contribution in [0.5, 0.6) is 0 Å². The first-order chi connectivity index (χ1) is 9.30. The zero-order chi connectivity index (χ0) is 14.9. The third-order valence-electron chi connectivity index (χ3n) is 3.49. The van der Waals surface area contributed by atoms with Crippen LogP contribution in [0.3, 0.4) is 0 Å². The average molecular weight is 308 g/mol. The summed E-state index contributed by atoms with van der Waals surface area (Å²) >= 11 is 0.464. The van der Waals surface area contributed by atoms with Gasteiger partial charge in [-0.25, -0.2) is 0 Å². The first-order valence-electron chi connectivity index (χ1n) is 6.35. The molecule has 1 atom stereocenters. The van der Waals surface area contributed by atoms with Gasteiger partial charge in [-0.15, -0.1) is 0 Å². The topological polar surface area (TPSA) is 42.3 Å². The maximum Gasteiger partial charge on any atom is 0.432 e. The third-order valence-corrected chi connectivity index (χ3v) is 4.25. The van der Waals surface area contributed by atoms with Gasteiger partial charge >= 0.3 is 11.0 Å². The van der Waals surface area contributed by atoms with E-state index >= 15 is 0 Å². The minimum Gasteiger partial charge on any atom is -0.338 e. The molecule has 0 bridgehead atoms. The molecular formula is C12H15F3N2O2S. The van der Waals surface area contributed by atoms with E-state index in [1.54, 1.807) is 4.90 Å². The van der Waals surface area contributed by atoms with E-state index in [0.29, 0.717) is 22.4 Å². The highest BCUT2D eigenvalue weighted by Gasteiger charge is 2.36. The second kappa shape index (κ2) is 5.59. The van der Waals surface area contributed by atoms with Crippen molar-refractivity contribution in [2.45, 2.75) is 44.9 Å². The van der Waals surface area contributed by atoms with Crippen LogP contribution < -0.4 is 4.87 Å². The number of piperidine rings is 1. The number of carbonyl (C=O) groups is 1. The lowest BCUT2D eigenvalue weighted by Gasteiger charge is -2.33. The predicted molar refractivity (Wildman–Crippen MR) is 68.6 cm³/mol. The van der Waals surface area contributed by atoms with Gasteiger partial charge in [0.05, 0.1) is 0 Å². The number of likely N-dealkylation sites (tertiary alicyclic amines) is 1. The quantitative estimate of drug-likeness (QED) is 0.841. The summed E-state index contributed by atoms with van der Waals surface area (Å²) < 4.78 is 38.8. The van der Waals surface area contributed by atoms with Gasteiger partial charge in [0.1, 0.15) is 12.2 Å². The molecule has 1 amide bonds. The van der Waals surface area contributed by atoms with Crippen LogP contribution in [0.2, 0.25) is 0 Å². The van der Waals surface area contributed by atoms with Crippen LogP contribution in [0.4, 0.5) is 13.2 Å². The molecule has 20 heavy (non-hydrogen) atoms. The Morgan fingerprint density at radius 2 is 2.15 bits per heavy atom. The molecule has 112 valence electrons. The zero-order valence-electron chi connectivity index (χ0n) is 10.9. The molecule has 1 aromatic heterocycles. The van der Waals surface area contributed by atoms with E-state index in [2.05, 4.69) is 0 Å². The standard InChI is InChI=1S/C12H15F3N2O2S/c1-8-4-2-3-5-16(8)10(18)6-17-9(12(13,14)15)7-20-11(17)19/h7-8H,2-6H2,1H3/t8-/m0/s1. The van der Waals surface area contributed by atoms with E-state index in [-0.39, 0.29) is 6.04 Å². The van der Waals surface area contributed by atoms with Crippen molar-refractivity contribution in [1.29, 1.82) is 0 Å². The molecule has 0 aromatic carbocycles. The lowest BCUT2D eigenvalue weighted by atomic mass is 10.0. The summed E-state index contributed by atoms with van der Waals surface area (Å²) in [7, 11) is 0. The Labute approximate surface area is 117 Å². The van der Waals surface area contributed by atoms with E-state index in [0.717, 1.165) is 24.6 Å². The maximum absolute atomic E-state index is 12.8. The summed E-state index contributed by atoms with van der Waals surface area (Å²) in [5.41, 5.74) is -1.05. The summed E-state index contributed by atoms with van der Waals surface area (Å²) in [6, 6.07) is 0.0138. The molecule has 1 aliphatic heterocycles. The second-order valence-electron chi connectivity index (χ2n) is 4.90. The number of thiazole rings is 1. The van der Waals surface area contributed by atoms with E-state index < -0.39 is 29.2 Å². The Morgan fingerprint density at radius 3 is 2.75 bits per heavy atom. The molecule has 0 unspecified atom stereocenters. The lowest BCUT2D eigenvalue weighted by molar-refractivity contribution is -0.145. The highest BCUT2D eigenvalue weighted by Crippen LogP contribution is 2.29. The van der Waals surface area contributed by atoms with Gasteiger partial charge in [-0.3, -0.25) is 14.2 Å². The van der Waals surface area contributed by atoms with E-state index in [1.165, 1.54) is 0 Å². The van der Waals surface area contributed by atoms with Crippen molar-refractivity contribution >= 4 is 17.2 Å². The summed E-state index contributed by atoms with van der Waals surface area (Å²) in [6.45, 7) is 1.87. The number of aromatic nitrogens is 1. The van der Waals surface area contributed by atoms with Crippen LogP contribution in [-0.4, -0.2) is 28.0 Å². The molecule has 1 saturated heterocycles. The molecule has 2 heterocycles. The number of halogens is 3. The Kier molecular flexibility index (Phi) is 4.22. The van der Waals surface area contributed by atoms with Gasteiger partial charge in [-0.2, -0.15) is 13.2 Å². The lowest BCUT2D eigenvalue weighted by Crippen LogP contribution is -2.44. The first kappa shape index (κ1) is 15.1. The Bertz CT molecular complexity index is 550. The molecule has 0 spiro atoms. The molecule has 0 saturated carbocycles. The Hall–Kier alpha value is -1.31. The first-order valence-corrected chi connectivity index (χ1v) is 7.23. The van der Waals surface area contributed by atoms with Gasteiger partial charge in [-0.05, 0) is 26.2 Å². The molecule has 1 fully saturated rings. The van der Waals surface area contributed by atoms with Crippen molar-refractivity contribution in [1.82, 2.24) is 9.47 Å². The average Bonchev–Trinajstić information content (AvgIpc) is 2.71. The van der Waals surface area contributed by atoms with E-state index in [1.807, 2.05) is 6.92 Å². The number of amides is 1. The second-order valence-corrected chi connectivity index (χ2v) is 5.72. The highest BCUT2D eigenvalue weighted by molar-refractivity contribution is 7.07. The summed E-state index contributed by atoms with van der Waals surface area (Å²) in [5.74, 6) is -0.428. The van der Waals surface area contributed by atoms with Crippen LogP contribution in [0, 0.1) is 0 Å². The molecule has 4 nitrogen and oxygen atoms in total. The van der Waals surface area contributed by atoms with Crippen LogP contribution >= 0.6 is 11.3 Å². The van der Waals surface area contributed by atoms with Crippen molar-refractivity contribution in [2.75, 3.05) is 6.54 Å². The predicted octanol–water partition coefficient (Wildman–Crippen LogP) is 2.33. The number of nitrogens with zero attached hydrogens (tertiary/aromatic N) is 2. The number of rotatable bonds is 2. The summed E-state index contributed by atoms with van der Waals surface area (Å²) in [6.07, 6.45) is -1.92. The van der Waals surface area contributed by atoms with Gasteiger partial charge in [0.25, 0.3) is 0 Å². The van der Waals surface area contributed by atoms with Crippen molar-refractivity contribution in [3.8, 4) is 0 Å². The number of alkyl halides is 3. The van der Waals surface area contributed by atoms with Gasteiger partial charge in [0, 0.05) is 18.0 Å². The smallest absolute Gasteiger partial charge is 0.338 e. The molecule has 0 aliphatic carbocycles. The fraction of sp³-hybridized carbons (Fsp3) is 0.667. The largest absolute Gasteiger partial charge is 0.432 e. The molecule has 8 heteroatoms. The number of hydrogen-bond acceptors (Lipinski definition) is 3. The van der Waals surface area contributed by atoms with E-state index in [4.69, 9.17) is 0 Å². The van der Waals surface area contributed by atoms with Crippen LogP contribution in [0.1, 0.15) is 31.9 Å². The SMILES string of the molecule is C[C@H]1CCCCN1C(=O)Cn1c(C(F)(F)F)csc1=O. The minimum absolute atomic E-state index is 0.0138. The highest BCUT2D eigenvalue weighted by atomic mass is 32.1. The summed E-state index contributed by atoms with van der Waals surface area (Å²) in [5, 5.41) is 0.759. The maximum atomic E-state index is 12.8. The van der Waals surface area contributed by atoms with Crippen molar-refractivity contribution in [3.63, 3.8) is 0 Å². The molecule has 2 rings (SSSR count). The van der Waals surface area contributed by atoms with Crippen molar-refractivity contribution < 1.29 is 18.0 Å². The van der Waals surface area contributed by atoms with Crippen LogP contribution in [0.15, 0.2) is 10.2 Å². The molecule has 0 N–H and O–H groups in total. The summed E-state index contributed by atoms with van der Waals surface area (Å²) in [4.78, 5) is 24.4. The van der Waals surface area contributed by atoms with Crippen molar-refractivity contribution in [2.24, 2.45) is 0 Å². The molecular weight excluding hydrogens is 293 g/mol. The van der Waals surface area contributed by atoms with Gasteiger partial charge < -0.3 is 4.90 Å². The van der Waals surface area contributed by atoms with Crippen molar-refractivity contribution in [3.05, 3.63) is 20.7 Å². The number of carbonyl (C=O) groups excluding carboxylic acids is 1. The number of hydrogen-bond donors (Lipinski definition) is 0. The Balaban J connectivity index is 2.20. The van der Waals surface area contributed by atoms with Crippen LogP contribution in [0.25, 0.3) is 0 Å². The molecule has 0 radical (unpaired) electrons. The van der Waals surface area contributed by atoms with Gasteiger partial charge in [0.15, 0.2) is 0 Å². The zero-order valence-corrected chi connectivity index (χ0v) is 11.8. The fourth-order valence-corrected chi connectivity index (χ4v) is 3.16. The monoisotopic (exact) mass is 308 g/mol. The molecule has 1 aliphatic rings. The van der Waals surface area contributed by atoms with Gasteiger partial charge in [0.2, 0.25) is 5.91 Å². The Morgan fingerprint density at radius 1 is 1.45 bits per heavy atom. The fourth-order valence-electron chi connectivity index (χ4n) is 2.40. The van der Waals surface area contributed by atoms with E-state index in [9.17, 15) is 22.8 Å².